The van der Waals surface area contributed by atoms with Gasteiger partial charge in [-0.05, 0) is 39.0 Å². The fraction of sp³-hybridized carbons (Fsp3) is 0.316. The Balaban J connectivity index is 2.42. The van der Waals surface area contributed by atoms with E-state index >= 15 is 0 Å². The number of benzene rings is 1. The number of anilines is 1. The highest BCUT2D eigenvalue weighted by Crippen LogP contribution is 2.54. The number of esters is 1. The van der Waals surface area contributed by atoms with Crippen molar-refractivity contribution in [2.45, 2.75) is 32.3 Å². The first-order valence-electron chi connectivity index (χ1n) is 8.24. The van der Waals surface area contributed by atoms with Gasteiger partial charge in [0, 0.05) is 22.8 Å². The van der Waals surface area contributed by atoms with Crippen LogP contribution < -0.4 is 10.6 Å². The SMILES string of the molecule is CC1=C(C(=O)OC(C)C)[C@@]2(C(=O)N(C)c3ccc(Br)cc32)C(C#N)=C(N)O1. The van der Waals surface area contributed by atoms with E-state index in [1.807, 2.05) is 6.07 Å². The Bertz CT molecular complexity index is 974. The molecule has 0 aliphatic carbocycles. The third kappa shape index (κ3) is 2.53. The number of amides is 1. The van der Waals surface area contributed by atoms with Gasteiger partial charge >= 0.3 is 5.97 Å². The van der Waals surface area contributed by atoms with E-state index < -0.39 is 23.4 Å². The van der Waals surface area contributed by atoms with Gasteiger partial charge in [0.25, 0.3) is 0 Å². The molecule has 0 aromatic heterocycles. The highest BCUT2D eigenvalue weighted by Gasteiger charge is 2.61. The molecule has 0 saturated heterocycles. The first kappa shape index (κ1) is 19.0. The van der Waals surface area contributed by atoms with Gasteiger partial charge in [0.1, 0.15) is 23.0 Å². The number of carbonyl (C=O) groups is 2. The number of carbonyl (C=O) groups excluding carboxylic acids is 2. The van der Waals surface area contributed by atoms with Crippen molar-refractivity contribution in [2.75, 3.05) is 11.9 Å². The molecule has 2 N–H and O–H groups in total. The third-order valence-corrected chi connectivity index (χ3v) is 5.11. The van der Waals surface area contributed by atoms with Crippen LogP contribution in [0.5, 0.6) is 0 Å². The molecule has 7 nitrogen and oxygen atoms in total. The van der Waals surface area contributed by atoms with Crippen molar-refractivity contribution in [3.8, 4) is 6.07 Å². The van der Waals surface area contributed by atoms with Gasteiger partial charge < -0.3 is 20.1 Å². The second-order valence-corrected chi connectivity index (χ2v) is 7.53. The molecule has 27 heavy (non-hydrogen) atoms. The zero-order valence-electron chi connectivity index (χ0n) is 15.3. The lowest BCUT2D eigenvalue weighted by atomic mass is 9.68. The minimum Gasteiger partial charge on any atom is -0.459 e. The number of hydrogen-bond donors (Lipinski definition) is 1. The molecule has 0 fully saturated rings. The van der Waals surface area contributed by atoms with Crippen LogP contribution in [0.15, 0.2) is 45.5 Å². The lowest BCUT2D eigenvalue weighted by Gasteiger charge is -2.34. The fourth-order valence-electron chi connectivity index (χ4n) is 3.61. The molecule has 0 unspecified atom stereocenters. The van der Waals surface area contributed by atoms with Gasteiger partial charge in [-0.3, -0.25) is 4.79 Å². The highest BCUT2D eigenvalue weighted by molar-refractivity contribution is 9.10. The fourth-order valence-corrected chi connectivity index (χ4v) is 3.97. The summed E-state index contributed by atoms with van der Waals surface area (Å²) in [5.41, 5.74) is 5.15. The van der Waals surface area contributed by atoms with Crippen molar-refractivity contribution in [1.82, 2.24) is 0 Å². The Labute approximate surface area is 165 Å². The number of fused-ring (bicyclic) bond motifs is 2. The van der Waals surface area contributed by atoms with Gasteiger partial charge in [-0.25, -0.2) is 4.79 Å². The second-order valence-electron chi connectivity index (χ2n) is 6.61. The predicted octanol–water partition coefficient (Wildman–Crippen LogP) is 2.61. The molecule has 2 aliphatic heterocycles. The Kier molecular flexibility index (Phi) is 4.52. The van der Waals surface area contributed by atoms with Gasteiger partial charge in [-0.2, -0.15) is 5.26 Å². The van der Waals surface area contributed by atoms with Crippen LogP contribution in [0.25, 0.3) is 0 Å². The lowest BCUT2D eigenvalue weighted by Crippen LogP contribution is -2.48. The maximum absolute atomic E-state index is 13.5. The van der Waals surface area contributed by atoms with Crippen LogP contribution in [0.1, 0.15) is 26.3 Å². The molecule has 8 heteroatoms. The van der Waals surface area contributed by atoms with Crippen molar-refractivity contribution < 1.29 is 19.1 Å². The van der Waals surface area contributed by atoms with Crippen molar-refractivity contribution in [1.29, 1.82) is 5.26 Å². The number of hydrogen-bond acceptors (Lipinski definition) is 6. The Hall–Kier alpha value is -2.79. The molecule has 3 rings (SSSR count). The summed E-state index contributed by atoms with van der Waals surface area (Å²) in [5.74, 6) is -1.26. The molecule has 140 valence electrons. The van der Waals surface area contributed by atoms with Gasteiger partial charge in [-0.15, -0.1) is 0 Å². The molecule has 2 aliphatic rings. The van der Waals surface area contributed by atoms with E-state index in [0.29, 0.717) is 15.7 Å². The van der Waals surface area contributed by atoms with Crippen LogP contribution in [0.2, 0.25) is 0 Å². The summed E-state index contributed by atoms with van der Waals surface area (Å²) in [6.45, 7) is 4.93. The minimum atomic E-state index is -1.71. The van der Waals surface area contributed by atoms with Crippen molar-refractivity contribution in [3.05, 3.63) is 51.0 Å². The number of nitriles is 1. The maximum Gasteiger partial charge on any atom is 0.339 e. The second kappa shape index (κ2) is 6.43. The molecule has 1 atom stereocenters. The van der Waals surface area contributed by atoms with Crippen LogP contribution in [0, 0.1) is 11.3 Å². The number of nitrogens with two attached hydrogens (primary N) is 1. The molecule has 1 aromatic carbocycles. The molecule has 0 radical (unpaired) electrons. The minimum absolute atomic E-state index is 0.0318. The monoisotopic (exact) mass is 431 g/mol. The summed E-state index contributed by atoms with van der Waals surface area (Å²) in [6, 6.07) is 7.22. The van der Waals surface area contributed by atoms with Gasteiger partial charge in [-0.1, -0.05) is 15.9 Å². The van der Waals surface area contributed by atoms with Crippen LogP contribution in [0.4, 0.5) is 5.69 Å². The molecule has 2 heterocycles. The van der Waals surface area contributed by atoms with E-state index in [4.69, 9.17) is 15.2 Å². The Morgan fingerprint density at radius 1 is 1.44 bits per heavy atom. The summed E-state index contributed by atoms with van der Waals surface area (Å²) in [5, 5.41) is 9.83. The van der Waals surface area contributed by atoms with Crippen molar-refractivity contribution in [3.63, 3.8) is 0 Å². The average Bonchev–Trinajstić information content (AvgIpc) is 2.77. The molecule has 0 bridgehead atoms. The third-order valence-electron chi connectivity index (χ3n) is 4.62. The Morgan fingerprint density at radius 3 is 2.70 bits per heavy atom. The number of halogens is 1. The first-order valence-corrected chi connectivity index (χ1v) is 9.04. The summed E-state index contributed by atoms with van der Waals surface area (Å²) in [4.78, 5) is 27.9. The van der Waals surface area contributed by atoms with Crippen LogP contribution >= 0.6 is 15.9 Å². The normalized spacial score (nSPS) is 21.5. The number of nitrogens with zero attached hydrogens (tertiary/aromatic N) is 2. The standard InChI is InChI=1S/C19H18BrN3O4/c1-9(2)26-17(24)15-10(3)27-16(22)13(8-21)19(15)12-7-11(20)5-6-14(12)23(4)18(19)25/h5-7,9H,22H2,1-4H3/t19-/m0/s1. The van der Waals surface area contributed by atoms with E-state index in [1.165, 1.54) is 11.8 Å². The summed E-state index contributed by atoms with van der Waals surface area (Å²) >= 11 is 3.40. The van der Waals surface area contributed by atoms with E-state index in [9.17, 15) is 14.9 Å². The van der Waals surface area contributed by atoms with Gasteiger partial charge in [0.2, 0.25) is 11.8 Å². The Morgan fingerprint density at radius 2 is 2.11 bits per heavy atom. The quantitative estimate of drug-likeness (QED) is 0.721. The molecule has 0 saturated carbocycles. The highest BCUT2D eigenvalue weighted by atomic mass is 79.9. The van der Waals surface area contributed by atoms with E-state index in [-0.39, 0.29) is 22.8 Å². The number of likely N-dealkylation sites (N-methyl/N-ethyl adjacent to an activating group) is 1. The number of ether oxygens (including phenoxy) is 2. The largest absolute Gasteiger partial charge is 0.459 e. The van der Waals surface area contributed by atoms with E-state index in [2.05, 4.69) is 15.9 Å². The van der Waals surface area contributed by atoms with Crippen LogP contribution in [0.3, 0.4) is 0 Å². The molecular weight excluding hydrogens is 414 g/mol. The van der Waals surface area contributed by atoms with E-state index in [0.717, 1.165) is 0 Å². The maximum atomic E-state index is 13.5. The van der Waals surface area contributed by atoms with Gasteiger partial charge in [0.05, 0.1) is 6.10 Å². The molecule has 1 amide bonds. The van der Waals surface area contributed by atoms with E-state index in [1.54, 1.807) is 39.1 Å². The van der Waals surface area contributed by atoms with Crippen molar-refractivity contribution in [2.24, 2.45) is 5.73 Å². The molecular formula is C19H18BrN3O4. The average molecular weight is 432 g/mol. The zero-order valence-corrected chi connectivity index (χ0v) is 16.9. The summed E-state index contributed by atoms with van der Waals surface area (Å²) in [6.07, 6.45) is -0.417. The number of rotatable bonds is 2. The number of allylic oxidation sites excluding steroid dienone is 1. The van der Waals surface area contributed by atoms with Gasteiger partial charge in [0.15, 0.2) is 5.41 Å². The van der Waals surface area contributed by atoms with Crippen molar-refractivity contribution >= 4 is 33.5 Å². The predicted molar refractivity (Wildman–Crippen MR) is 101 cm³/mol. The smallest absolute Gasteiger partial charge is 0.339 e. The topological polar surface area (TPSA) is 106 Å². The zero-order chi connectivity index (χ0) is 20.1. The molecule has 1 aromatic rings. The summed E-state index contributed by atoms with van der Waals surface area (Å²) < 4.78 is 11.5. The molecule has 1 spiro atoms. The summed E-state index contributed by atoms with van der Waals surface area (Å²) in [7, 11) is 1.59. The van der Waals surface area contributed by atoms with Crippen LogP contribution in [-0.2, 0) is 24.5 Å². The van der Waals surface area contributed by atoms with Crippen LogP contribution in [-0.4, -0.2) is 25.0 Å². The first-order chi connectivity index (χ1) is 12.7. The lowest BCUT2D eigenvalue weighted by molar-refractivity contribution is -0.144.